The molecule has 0 bridgehead atoms. The van der Waals surface area contributed by atoms with Crippen LogP contribution in [-0.2, 0) is 11.2 Å². The highest BCUT2D eigenvalue weighted by Gasteiger charge is 2.13. The van der Waals surface area contributed by atoms with Gasteiger partial charge in [0.2, 0.25) is 0 Å². The summed E-state index contributed by atoms with van der Waals surface area (Å²) in [5.41, 5.74) is 2.85. The molecule has 0 aliphatic carbocycles. The van der Waals surface area contributed by atoms with Crippen LogP contribution in [0.5, 0.6) is 11.5 Å². The van der Waals surface area contributed by atoms with E-state index < -0.39 is 0 Å². The molecule has 162 valence electrons. The van der Waals surface area contributed by atoms with Crippen molar-refractivity contribution >= 4 is 27.5 Å². The fourth-order valence-electron chi connectivity index (χ4n) is 3.22. The molecule has 1 amide bonds. The van der Waals surface area contributed by atoms with Gasteiger partial charge in [0.15, 0.2) is 0 Å². The second-order valence-corrected chi connectivity index (χ2v) is 8.59. The van der Waals surface area contributed by atoms with Crippen molar-refractivity contribution in [3.05, 3.63) is 82.1 Å². The van der Waals surface area contributed by atoms with Gasteiger partial charge in [0, 0.05) is 22.3 Å². The summed E-state index contributed by atoms with van der Waals surface area (Å²) in [6.45, 7) is 7.91. The lowest BCUT2D eigenvalue weighted by Crippen LogP contribution is -2.18. The van der Waals surface area contributed by atoms with Crippen LogP contribution in [0.4, 0.5) is 5.69 Å². The first-order valence-electron chi connectivity index (χ1n) is 10.3. The lowest BCUT2D eigenvalue weighted by atomic mass is 10.1. The number of nitrogens with zero attached hydrogens (tertiary/aromatic N) is 1. The third kappa shape index (κ3) is 6.91. The van der Waals surface area contributed by atoms with E-state index in [-0.39, 0.29) is 18.1 Å². The van der Waals surface area contributed by atoms with Gasteiger partial charge in [-0.3, -0.25) is 9.78 Å². The molecule has 2 aromatic carbocycles. The maximum absolute atomic E-state index is 12.7. The van der Waals surface area contributed by atoms with E-state index in [2.05, 4.69) is 26.2 Å². The van der Waals surface area contributed by atoms with Gasteiger partial charge < -0.3 is 14.8 Å². The molecule has 1 heterocycles. The van der Waals surface area contributed by atoms with Crippen LogP contribution < -0.4 is 10.1 Å². The van der Waals surface area contributed by atoms with Crippen LogP contribution >= 0.6 is 15.9 Å². The number of carbonyl (C=O) groups excluding carboxylic acids is 1. The second-order valence-electron chi connectivity index (χ2n) is 7.67. The molecule has 1 atom stereocenters. The normalized spacial score (nSPS) is 11.9. The number of carbonyl (C=O) groups is 1. The van der Waals surface area contributed by atoms with Crippen LogP contribution in [0.25, 0.3) is 0 Å². The number of aryl methyl sites for hydroxylation is 1. The number of aromatic nitrogens is 1. The van der Waals surface area contributed by atoms with E-state index in [1.807, 2.05) is 88.4 Å². The van der Waals surface area contributed by atoms with Gasteiger partial charge in [-0.05, 0) is 88.4 Å². The fraction of sp³-hybridized carbons (Fsp3) is 0.280. The van der Waals surface area contributed by atoms with Gasteiger partial charge >= 0.3 is 0 Å². The van der Waals surface area contributed by atoms with E-state index in [0.29, 0.717) is 29.1 Å². The van der Waals surface area contributed by atoms with Crippen molar-refractivity contribution in [2.45, 2.75) is 46.3 Å². The van der Waals surface area contributed by atoms with Crippen molar-refractivity contribution in [2.75, 3.05) is 5.32 Å². The topological polar surface area (TPSA) is 60.5 Å². The SMILES string of the molecule is Cc1nc(CC(C)OC(C)C)ccc1C(=O)Nc1ccc(Oc2ccc(Br)cc2)cc1. The van der Waals surface area contributed by atoms with E-state index in [1.165, 1.54) is 0 Å². The molecule has 0 aliphatic heterocycles. The summed E-state index contributed by atoms with van der Waals surface area (Å²) >= 11 is 3.40. The second kappa shape index (κ2) is 10.6. The third-order valence-corrected chi connectivity index (χ3v) is 5.08. The Labute approximate surface area is 191 Å². The zero-order valence-corrected chi connectivity index (χ0v) is 19.8. The molecule has 0 fully saturated rings. The average molecular weight is 483 g/mol. The highest BCUT2D eigenvalue weighted by molar-refractivity contribution is 9.10. The van der Waals surface area contributed by atoms with Crippen LogP contribution in [-0.4, -0.2) is 23.1 Å². The Morgan fingerprint density at radius 1 is 0.968 bits per heavy atom. The quantitative estimate of drug-likeness (QED) is 0.395. The Balaban J connectivity index is 1.61. The van der Waals surface area contributed by atoms with Crippen LogP contribution in [0.15, 0.2) is 65.1 Å². The lowest BCUT2D eigenvalue weighted by molar-refractivity contribution is 0.0190. The first-order valence-corrected chi connectivity index (χ1v) is 11.1. The van der Waals surface area contributed by atoms with Crippen molar-refractivity contribution in [3.63, 3.8) is 0 Å². The maximum Gasteiger partial charge on any atom is 0.257 e. The minimum Gasteiger partial charge on any atom is -0.457 e. The van der Waals surface area contributed by atoms with Gasteiger partial charge in [-0.25, -0.2) is 0 Å². The Morgan fingerprint density at radius 2 is 1.58 bits per heavy atom. The van der Waals surface area contributed by atoms with Crippen LogP contribution in [0.1, 0.15) is 42.5 Å². The number of anilines is 1. The van der Waals surface area contributed by atoms with Crippen molar-refractivity contribution in [1.82, 2.24) is 4.98 Å². The van der Waals surface area contributed by atoms with Gasteiger partial charge in [0.25, 0.3) is 5.91 Å². The molecule has 1 N–H and O–H groups in total. The molecule has 0 aliphatic rings. The number of rotatable bonds is 8. The van der Waals surface area contributed by atoms with Crippen molar-refractivity contribution in [2.24, 2.45) is 0 Å². The lowest BCUT2D eigenvalue weighted by Gasteiger charge is -2.16. The summed E-state index contributed by atoms with van der Waals surface area (Å²) in [4.78, 5) is 17.3. The smallest absolute Gasteiger partial charge is 0.257 e. The molecule has 1 unspecified atom stereocenters. The van der Waals surface area contributed by atoms with Gasteiger partial charge in [0.1, 0.15) is 11.5 Å². The van der Waals surface area contributed by atoms with Crippen molar-refractivity contribution in [3.8, 4) is 11.5 Å². The van der Waals surface area contributed by atoms with E-state index in [1.54, 1.807) is 0 Å². The number of nitrogens with one attached hydrogen (secondary N) is 1. The summed E-state index contributed by atoms with van der Waals surface area (Å²) in [5.74, 6) is 1.25. The minimum atomic E-state index is -0.190. The Kier molecular flexibility index (Phi) is 7.82. The average Bonchev–Trinajstić information content (AvgIpc) is 2.70. The largest absolute Gasteiger partial charge is 0.457 e. The molecular formula is C25H27BrN2O3. The minimum absolute atomic E-state index is 0.0738. The summed E-state index contributed by atoms with van der Waals surface area (Å²) < 4.78 is 12.6. The van der Waals surface area contributed by atoms with Crippen LogP contribution in [0.2, 0.25) is 0 Å². The number of ether oxygens (including phenoxy) is 2. The van der Waals surface area contributed by atoms with E-state index in [4.69, 9.17) is 9.47 Å². The number of hydrogen-bond acceptors (Lipinski definition) is 4. The Bertz CT molecular complexity index is 1020. The Morgan fingerprint density at radius 3 is 2.16 bits per heavy atom. The van der Waals surface area contributed by atoms with Crippen LogP contribution in [0.3, 0.4) is 0 Å². The number of hydrogen-bond donors (Lipinski definition) is 1. The first kappa shape index (κ1) is 23.0. The Hall–Kier alpha value is -2.70. The molecule has 3 aromatic rings. The summed E-state index contributed by atoms with van der Waals surface area (Å²) in [5, 5.41) is 2.92. The van der Waals surface area contributed by atoms with Gasteiger partial charge in [-0.2, -0.15) is 0 Å². The summed E-state index contributed by atoms with van der Waals surface area (Å²) in [6, 6.07) is 18.6. The predicted molar refractivity (Wildman–Crippen MR) is 127 cm³/mol. The highest BCUT2D eigenvalue weighted by Crippen LogP contribution is 2.25. The molecular weight excluding hydrogens is 456 g/mol. The zero-order chi connectivity index (χ0) is 22.4. The van der Waals surface area contributed by atoms with Crippen LogP contribution in [0, 0.1) is 6.92 Å². The summed E-state index contributed by atoms with van der Waals surface area (Å²) in [6.07, 6.45) is 0.957. The highest BCUT2D eigenvalue weighted by atomic mass is 79.9. The molecule has 1 aromatic heterocycles. The van der Waals surface area contributed by atoms with Gasteiger partial charge in [0.05, 0.1) is 23.5 Å². The molecule has 5 nitrogen and oxygen atoms in total. The van der Waals surface area contributed by atoms with E-state index >= 15 is 0 Å². The standard InChI is InChI=1S/C25H27BrN2O3/c1-16(2)30-17(3)15-21-9-14-24(18(4)27-21)25(29)28-20-7-12-23(13-8-20)31-22-10-5-19(26)6-11-22/h5-14,16-17H,15H2,1-4H3,(H,28,29). The molecule has 3 rings (SSSR count). The van der Waals surface area contributed by atoms with E-state index in [9.17, 15) is 4.79 Å². The first-order chi connectivity index (χ1) is 14.8. The van der Waals surface area contributed by atoms with Gasteiger partial charge in [-0.15, -0.1) is 0 Å². The number of halogens is 1. The molecule has 0 saturated carbocycles. The van der Waals surface area contributed by atoms with E-state index in [0.717, 1.165) is 15.9 Å². The monoisotopic (exact) mass is 482 g/mol. The molecule has 31 heavy (non-hydrogen) atoms. The molecule has 0 saturated heterocycles. The fourth-order valence-corrected chi connectivity index (χ4v) is 3.48. The number of pyridine rings is 1. The molecule has 0 radical (unpaired) electrons. The number of benzene rings is 2. The molecule has 0 spiro atoms. The van der Waals surface area contributed by atoms with Crippen molar-refractivity contribution < 1.29 is 14.3 Å². The van der Waals surface area contributed by atoms with Crippen molar-refractivity contribution in [1.29, 1.82) is 0 Å². The third-order valence-electron chi connectivity index (χ3n) is 4.55. The zero-order valence-electron chi connectivity index (χ0n) is 18.2. The molecule has 6 heteroatoms. The number of amides is 1. The maximum atomic E-state index is 12.7. The van der Waals surface area contributed by atoms with Gasteiger partial charge in [-0.1, -0.05) is 15.9 Å². The predicted octanol–water partition coefficient (Wildman–Crippen LogP) is 6.55. The summed E-state index contributed by atoms with van der Waals surface area (Å²) in [7, 11) is 0.